The zero-order valence-electron chi connectivity index (χ0n) is 19.4. The first-order chi connectivity index (χ1) is 15.8. The van der Waals surface area contributed by atoms with E-state index in [0.29, 0.717) is 22.7 Å². The van der Waals surface area contributed by atoms with Gasteiger partial charge in [-0.1, -0.05) is 0 Å². The van der Waals surface area contributed by atoms with E-state index in [1.807, 2.05) is 62.6 Å². The van der Waals surface area contributed by atoms with Gasteiger partial charge in [-0.15, -0.1) is 0 Å². The Morgan fingerprint density at radius 2 is 1.97 bits per heavy atom. The molecule has 0 saturated carbocycles. The minimum absolute atomic E-state index is 0.108. The van der Waals surface area contributed by atoms with Gasteiger partial charge in [0, 0.05) is 47.3 Å². The summed E-state index contributed by atoms with van der Waals surface area (Å²) in [6.07, 6.45) is 3.42. The maximum atomic E-state index is 13.3. The molecule has 4 aromatic rings. The number of aromatic nitrogens is 4. The molecule has 4 aromatic heterocycles. The van der Waals surface area contributed by atoms with E-state index in [0.717, 1.165) is 27.9 Å². The first kappa shape index (κ1) is 22.3. The summed E-state index contributed by atoms with van der Waals surface area (Å²) in [5.74, 6) is 0.279. The van der Waals surface area contributed by atoms with Crippen molar-refractivity contribution in [3.05, 3.63) is 86.7 Å². The third-order valence-electron chi connectivity index (χ3n) is 5.99. The maximum Gasteiger partial charge on any atom is 0.254 e. The van der Waals surface area contributed by atoms with E-state index in [4.69, 9.17) is 4.74 Å². The number of methoxy groups -OCH3 is 1. The smallest absolute Gasteiger partial charge is 0.254 e. The fraction of sp³-hybridized carbons (Fsp3) is 0.280. The van der Waals surface area contributed by atoms with Gasteiger partial charge in [0.05, 0.1) is 18.7 Å². The molecule has 1 unspecified atom stereocenters. The predicted molar refractivity (Wildman–Crippen MR) is 127 cm³/mol. The highest BCUT2D eigenvalue weighted by Crippen LogP contribution is 2.31. The second kappa shape index (κ2) is 8.90. The average Bonchev–Trinajstić information content (AvgIpc) is 3.09. The lowest BCUT2D eigenvalue weighted by molar-refractivity contribution is 0.0951. The molecule has 0 aliphatic carbocycles. The number of rotatable bonds is 6. The van der Waals surface area contributed by atoms with Crippen LogP contribution < -0.4 is 15.6 Å². The lowest BCUT2D eigenvalue weighted by Crippen LogP contribution is -2.28. The Morgan fingerprint density at radius 1 is 1.18 bits per heavy atom. The second-order valence-electron chi connectivity index (χ2n) is 8.14. The van der Waals surface area contributed by atoms with Crippen molar-refractivity contribution in [3.8, 4) is 5.88 Å². The monoisotopic (exact) mass is 445 g/mol. The van der Waals surface area contributed by atoms with Crippen LogP contribution in [0.1, 0.15) is 51.4 Å². The van der Waals surface area contributed by atoms with Crippen LogP contribution in [0, 0.1) is 20.8 Å². The number of hydrogen-bond donors (Lipinski definition) is 2. The van der Waals surface area contributed by atoms with E-state index in [2.05, 4.69) is 20.3 Å². The Bertz CT molecular complexity index is 1400. The first-order valence-corrected chi connectivity index (χ1v) is 10.7. The Labute approximate surface area is 191 Å². The number of aromatic amines is 1. The standard InChI is InChI=1S/C25H27N5O3/c1-14-11-15(2)29-24(31)20(14)13-28-25(32)22-17(4)30(23-19(22)7-6-9-27-23)16(3)18-8-10-26-21(12-18)33-5/h6-12,16H,13H2,1-5H3,(H,28,32)(H,29,31). The summed E-state index contributed by atoms with van der Waals surface area (Å²) >= 11 is 0. The van der Waals surface area contributed by atoms with Crippen molar-refractivity contribution in [2.24, 2.45) is 0 Å². The summed E-state index contributed by atoms with van der Waals surface area (Å²) in [5.41, 5.74) is 5.04. The molecule has 0 aliphatic rings. The summed E-state index contributed by atoms with van der Waals surface area (Å²) in [4.78, 5) is 37.2. The highest BCUT2D eigenvalue weighted by atomic mass is 16.5. The van der Waals surface area contributed by atoms with Gasteiger partial charge in [-0.05, 0) is 63.1 Å². The molecule has 0 radical (unpaired) electrons. The third-order valence-corrected chi connectivity index (χ3v) is 5.99. The molecular formula is C25H27N5O3. The molecule has 1 atom stereocenters. The number of carbonyl (C=O) groups is 1. The number of nitrogens with zero attached hydrogens (tertiary/aromatic N) is 3. The normalized spacial score (nSPS) is 12.0. The van der Waals surface area contributed by atoms with Crippen molar-refractivity contribution in [2.45, 2.75) is 40.3 Å². The van der Waals surface area contributed by atoms with Gasteiger partial charge in [-0.25, -0.2) is 9.97 Å². The zero-order chi connectivity index (χ0) is 23.7. The minimum atomic E-state index is -0.247. The van der Waals surface area contributed by atoms with Gasteiger partial charge < -0.3 is 19.6 Å². The van der Waals surface area contributed by atoms with E-state index in [-0.39, 0.29) is 24.1 Å². The van der Waals surface area contributed by atoms with Crippen molar-refractivity contribution in [1.82, 2.24) is 24.8 Å². The lowest BCUT2D eigenvalue weighted by Gasteiger charge is -2.18. The van der Waals surface area contributed by atoms with Crippen LogP contribution in [0.15, 0.2) is 47.5 Å². The first-order valence-electron chi connectivity index (χ1n) is 10.7. The second-order valence-corrected chi connectivity index (χ2v) is 8.14. The van der Waals surface area contributed by atoms with Crippen LogP contribution in [0.5, 0.6) is 5.88 Å². The molecule has 2 N–H and O–H groups in total. The van der Waals surface area contributed by atoms with Crippen LogP contribution in [-0.4, -0.2) is 32.5 Å². The molecule has 170 valence electrons. The topological polar surface area (TPSA) is 102 Å². The van der Waals surface area contributed by atoms with E-state index in [1.54, 1.807) is 19.5 Å². The molecule has 1 amide bonds. The van der Waals surface area contributed by atoms with Crippen LogP contribution in [0.25, 0.3) is 11.0 Å². The lowest BCUT2D eigenvalue weighted by atomic mass is 10.1. The number of aryl methyl sites for hydroxylation is 2. The van der Waals surface area contributed by atoms with Gasteiger partial charge in [-0.2, -0.15) is 0 Å². The van der Waals surface area contributed by atoms with Gasteiger partial charge in [0.25, 0.3) is 11.5 Å². The maximum absolute atomic E-state index is 13.3. The van der Waals surface area contributed by atoms with Gasteiger partial charge in [0.1, 0.15) is 5.65 Å². The summed E-state index contributed by atoms with van der Waals surface area (Å²) in [6.45, 7) is 7.81. The van der Waals surface area contributed by atoms with Gasteiger partial charge in [0.2, 0.25) is 5.88 Å². The fourth-order valence-corrected chi connectivity index (χ4v) is 4.32. The summed E-state index contributed by atoms with van der Waals surface area (Å²) < 4.78 is 7.32. The van der Waals surface area contributed by atoms with Crippen LogP contribution in [0.2, 0.25) is 0 Å². The number of nitrogens with one attached hydrogen (secondary N) is 2. The molecular weight excluding hydrogens is 418 g/mol. The Hall–Kier alpha value is -3.94. The van der Waals surface area contributed by atoms with E-state index in [9.17, 15) is 9.59 Å². The molecule has 4 rings (SSSR count). The molecule has 0 saturated heterocycles. The average molecular weight is 446 g/mol. The SMILES string of the molecule is COc1cc(C(C)n2c(C)c(C(=O)NCc3c(C)cc(C)[nH]c3=O)c3cccnc32)ccn1. The highest BCUT2D eigenvalue weighted by molar-refractivity contribution is 6.07. The van der Waals surface area contributed by atoms with Gasteiger partial charge in [-0.3, -0.25) is 9.59 Å². The van der Waals surface area contributed by atoms with Crippen molar-refractivity contribution in [1.29, 1.82) is 0 Å². The van der Waals surface area contributed by atoms with Crippen molar-refractivity contribution < 1.29 is 9.53 Å². The number of fused-ring (bicyclic) bond motifs is 1. The Morgan fingerprint density at radius 3 is 2.70 bits per heavy atom. The largest absolute Gasteiger partial charge is 0.481 e. The number of H-pyrrole nitrogens is 1. The molecule has 0 fully saturated rings. The summed E-state index contributed by atoms with van der Waals surface area (Å²) in [6, 6.07) is 9.30. The number of ether oxygens (including phenoxy) is 1. The van der Waals surface area contributed by atoms with E-state index >= 15 is 0 Å². The van der Waals surface area contributed by atoms with Crippen LogP contribution in [0.4, 0.5) is 0 Å². The van der Waals surface area contributed by atoms with E-state index in [1.165, 1.54) is 0 Å². The summed E-state index contributed by atoms with van der Waals surface area (Å²) in [7, 11) is 1.58. The van der Waals surface area contributed by atoms with E-state index < -0.39 is 0 Å². The quantitative estimate of drug-likeness (QED) is 0.472. The molecule has 0 bridgehead atoms. The van der Waals surface area contributed by atoms with Crippen LogP contribution >= 0.6 is 0 Å². The number of hydrogen-bond acceptors (Lipinski definition) is 5. The molecule has 8 heteroatoms. The molecule has 0 spiro atoms. The van der Waals surface area contributed by atoms with Gasteiger partial charge in [0.15, 0.2) is 0 Å². The molecule has 4 heterocycles. The Kier molecular flexibility index (Phi) is 6.00. The molecule has 0 aromatic carbocycles. The minimum Gasteiger partial charge on any atom is -0.481 e. The van der Waals surface area contributed by atoms with Crippen molar-refractivity contribution >= 4 is 16.9 Å². The number of amides is 1. The molecule has 33 heavy (non-hydrogen) atoms. The molecule has 8 nitrogen and oxygen atoms in total. The highest BCUT2D eigenvalue weighted by Gasteiger charge is 2.24. The third kappa shape index (κ3) is 4.11. The molecule has 0 aliphatic heterocycles. The zero-order valence-corrected chi connectivity index (χ0v) is 19.4. The number of carbonyl (C=O) groups excluding carboxylic acids is 1. The van der Waals surface area contributed by atoms with Gasteiger partial charge >= 0.3 is 0 Å². The number of pyridine rings is 3. The predicted octanol–water partition coefficient (Wildman–Crippen LogP) is 3.59. The Balaban J connectivity index is 1.73. The van der Waals surface area contributed by atoms with Crippen LogP contribution in [-0.2, 0) is 6.54 Å². The van der Waals surface area contributed by atoms with Crippen LogP contribution in [0.3, 0.4) is 0 Å². The fourth-order valence-electron chi connectivity index (χ4n) is 4.32. The van der Waals surface area contributed by atoms with Crippen molar-refractivity contribution in [3.63, 3.8) is 0 Å². The van der Waals surface area contributed by atoms with Crippen molar-refractivity contribution in [2.75, 3.05) is 7.11 Å². The summed E-state index contributed by atoms with van der Waals surface area (Å²) in [5, 5.41) is 3.69.